The monoisotopic (exact) mass is 255 g/mol. The smallest absolute Gasteiger partial charge is 0.222 e. The molecular weight excluding hydrogens is 226 g/mol. The summed E-state index contributed by atoms with van der Waals surface area (Å²) < 4.78 is 0. The standard InChI is InChI=1S/C15H29NO2/c1-12(2)7-5-4-6-8-15(18)16-10-9-13(3)14(17)11-16/h12-14,17H,4-11H2,1-3H3. The summed E-state index contributed by atoms with van der Waals surface area (Å²) in [6, 6.07) is 0. The Bertz CT molecular complexity index is 253. The molecule has 1 rings (SSSR count). The van der Waals surface area contributed by atoms with Crippen LogP contribution in [0.2, 0.25) is 0 Å². The van der Waals surface area contributed by atoms with Crippen molar-refractivity contribution < 1.29 is 9.90 Å². The number of aliphatic hydroxyl groups excluding tert-OH is 1. The van der Waals surface area contributed by atoms with Gasteiger partial charge in [-0.15, -0.1) is 0 Å². The third kappa shape index (κ3) is 5.38. The maximum absolute atomic E-state index is 12.0. The number of hydrogen-bond donors (Lipinski definition) is 1. The Morgan fingerprint density at radius 1 is 1.33 bits per heavy atom. The number of unbranched alkanes of at least 4 members (excludes halogenated alkanes) is 2. The van der Waals surface area contributed by atoms with E-state index in [-0.39, 0.29) is 12.0 Å². The van der Waals surface area contributed by atoms with E-state index in [2.05, 4.69) is 20.8 Å². The molecule has 1 aliphatic heterocycles. The van der Waals surface area contributed by atoms with Gasteiger partial charge in [-0.3, -0.25) is 4.79 Å². The molecule has 1 heterocycles. The molecule has 1 amide bonds. The lowest BCUT2D eigenvalue weighted by Crippen LogP contribution is -2.45. The van der Waals surface area contributed by atoms with Gasteiger partial charge in [0.05, 0.1) is 6.10 Å². The van der Waals surface area contributed by atoms with E-state index in [0.717, 1.165) is 31.7 Å². The van der Waals surface area contributed by atoms with Crippen LogP contribution in [0.4, 0.5) is 0 Å². The third-order valence-corrected chi connectivity index (χ3v) is 3.94. The van der Waals surface area contributed by atoms with E-state index in [4.69, 9.17) is 0 Å². The van der Waals surface area contributed by atoms with Crippen LogP contribution >= 0.6 is 0 Å². The van der Waals surface area contributed by atoms with Crippen molar-refractivity contribution in [3.8, 4) is 0 Å². The van der Waals surface area contributed by atoms with E-state index in [9.17, 15) is 9.90 Å². The van der Waals surface area contributed by atoms with Crippen LogP contribution in [0, 0.1) is 11.8 Å². The first-order chi connectivity index (χ1) is 8.50. The number of rotatable bonds is 6. The molecule has 0 aromatic carbocycles. The number of carbonyl (C=O) groups excluding carboxylic acids is 1. The maximum atomic E-state index is 12.0. The van der Waals surface area contributed by atoms with Crippen LogP contribution in [0.25, 0.3) is 0 Å². The van der Waals surface area contributed by atoms with Crippen molar-refractivity contribution in [2.75, 3.05) is 13.1 Å². The Hall–Kier alpha value is -0.570. The molecule has 106 valence electrons. The largest absolute Gasteiger partial charge is 0.391 e. The number of likely N-dealkylation sites (tertiary alicyclic amines) is 1. The van der Waals surface area contributed by atoms with E-state index < -0.39 is 0 Å². The first-order valence-corrected chi connectivity index (χ1v) is 7.46. The number of hydrogen-bond acceptors (Lipinski definition) is 2. The fourth-order valence-corrected chi connectivity index (χ4v) is 2.44. The van der Waals surface area contributed by atoms with Crippen molar-refractivity contribution in [2.24, 2.45) is 11.8 Å². The Labute approximate surface area is 112 Å². The number of amides is 1. The van der Waals surface area contributed by atoms with E-state index in [0.29, 0.717) is 18.9 Å². The highest BCUT2D eigenvalue weighted by atomic mass is 16.3. The molecule has 3 nitrogen and oxygen atoms in total. The number of nitrogens with zero attached hydrogens (tertiary/aromatic N) is 1. The minimum atomic E-state index is -0.330. The van der Waals surface area contributed by atoms with Gasteiger partial charge in [-0.05, 0) is 24.7 Å². The summed E-state index contributed by atoms with van der Waals surface area (Å²) >= 11 is 0. The van der Waals surface area contributed by atoms with Crippen molar-refractivity contribution in [2.45, 2.75) is 65.4 Å². The molecule has 0 bridgehead atoms. The highest BCUT2D eigenvalue weighted by molar-refractivity contribution is 5.76. The second kappa shape index (κ2) is 7.78. The summed E-state index contributed by atoms with van der Waals surface area (Å²) in [5.74, 6) is 1.32. The van der Waals surface area contributed by atoms with Crippen molar-refractivity contribution in [1.29, 1.82) is 0 Å². The van der Waals surface area contributed by atoms with Gasteiger partial charge in [-0.2, -0.15) is 0 Å². The zero-order chi connectivity index (χ0) is 13.5. The van der Waals surface area contributed by atoms with E-state index in [1.54, 1.807) is 0 Å². The molecular formula is C15H29NO2. The minimum absolute atomic E-state index is 0.227. The fourth-order valence-electron chi connectivity index (χ4n) is 2.44. The summed E-state index contributed by atoms with van der Waals surface area (Å²) in [6.45, 7) is 7.89. The first-order valence-electron chi connectivity index (χ1n) is 7.46. The van der Waals surface area contributed by atoms with E-state index in [1.807, 2.05) is 4.90 Å². The van der Waals surface area contributed by atoms with Gasteiger partial charge in [0.25, 0.3) is 0 Å². The van der Waals surface area contributed by atoms with Crippen LogP contribution in [0.1, 0.15) is 59.3 Å². The van der Waals surface area contributed by atoms with Crippen molar-refractivity contribution in [3.05, 3.63) is 0 Å². The van der Waals surface area contributed by atoms with Gasteiger partial charge in [-0.1, -0.05) is 40.0 Å². The third-order valence-electron chi connectivity index (χ3n) is 3.94. The minimum Gasteiger partial charge on any atom is -0.391 e. The van der Waals surface area contributed by atoms with Crippen LogP contribution in [0.5, 0.6) is 0 Å². The molecule has 0 aromatic rings. The summed E-state index contributed by atoms with van der Waals surface area (Å²) in [5.41, 5.74) is 0. The molecule has 0 aromatic heterocycles. The SMILES string of the molecule is CC(C)CCCCCC(=O)N1CCC(C)C(O)C1. The highest BCUT2D eigenvalue weighted by Gasteiger charge is 2.26. The van der Waals surface area contributed by atoms with Crippen LogP contribution in [0.15, 0.2) is 0 Å². The van der Waals surface area contributed by atoms with Gasteiger partial charge < -0.3 is 10.0 Å². The highest BCUT2D eigenvalue weighted by Crippen LogP contribution is 2.18. The second-order valence-corrected chi connectivity index (χ2v) is 6.17. The number of aliphatic hydroxyl groups is 1. The van der Waals surface area contributed by atoms with Crippen LogP contribution in [-0.4, -0.2) is 35.1 Å². The molecule has 3 heteroatoms. The Morgan fingerprint density at radius 2 is 2.06 bits per heavy atom. The normalized spacial score (nSPS) is 24.6. The summed E-state index contributed by atoms with van der Waals surface area (Å²) in [4.78, 5) is 13.8. The lowest BCUT2D eigenvalue weighted by molar-refractivity contribution is -0.135. The van der Waals surface area contributed by atoms with E-state index >= 15 is 0 Å². The van der Waals surface area contributed by atoms with Gasteiger partial charge in [0.1, 0.15) is 0 Å². The summed E-state index contributed by atoms with van der Waals surface area (Å²) in [7, 11) is 0. The molecule has 0 radical (unpaired) electrons. The summed E-state index contributed by atoms with van der Waals surface area (Å²) in [6.07, 6.45) is 5.88. The van der Waals surface area contributed by atoms with Crippen LogP contribution in [-0.2, 0) is 4.79 Å². The van der Waals surface area contributed by atoms with Gasteiger partial charge in [0.2, 0.25) is 5.91 Å². The molecule has 1 aliphatic rings. The Balaban J connectivity index is 2.13. The zero-order valence-corrected chi connectivity index (χ0v) is 12.2. The molecule has 1 saturated heterocycles. The molecule has 2 unspecified atom stereocenters. The van der Waals surface area contributed by atoms with Crippen LogP contribution < -0.4 is 0 Å². The zero-order valence-electron chi connectivity index (χ0n) is 12.2. The number of β-amino-alcohol motifs (C(OH)–C–C–N with tert-alkyl or cyclic N) is 1. The maximum Gasteiger partial charge on any atom is 0.222 e. The van der Waals surface area contributed by atoms with E-state index in [1.165, 1.54) is 12.8 Å². The van der Waals surface area contributed by atoms with Crippen molar-refractivity contribution >= 4 is 5.91 Å². The van der Waals surface area contributed by atoms with Crippen molar-refractivity contribution in [3.63, 3.8) is 0 Å². The molecule has 18 heavy (non-hydrogen) atoms. The quantitative estimate of drug-likeness (QED) is 0.741. The Kier molecular flexibility index (Phi) is 6.69. The number of carbonyl (C=O) groups is 1. The van der Waals surface area contributed by atoms with Gasteiger partial charge >= 0.3 is 0 Å². The van der Waals surface area contributed by atoms with Gasteiger partial charge in [0.15, 0.2) is 0 Å². The van der Waals surface area contributed by atoms with Crippen LogP contribution in [0.3, 0.4) is 0 Å². The lowest BCUT2D eigenvalue weighted by Gasteiger charge is -2.34. The van der Waals surface area contributed by atoms with Gasteiger partial charge in [0, 0.05) is 19.5 Å². The molecule has 0 aliphatic carbocycles. The molecule has 1 N–H and O–H groups in total. The average Bonchev–Trinajstić information content (AvgIpc) is 2.31. The van der Waals surface area contributed by atoms with Gasteiger partial charge in [-0.25, -0.2) is 0 Å². The molecule has 0 saturated carbocycles. The fraction of sp³-hybridized carbons (Fsp3) is 0.933. The lowest BCUT2D eigenvalue weighted by atomic mass is 9.95. The average molecular weight is 255 g/mol. The second-order valence-electron chi connectivity index (χ2n) is 6.17. The Morgan fingerprint density at radius 3 is 2.67 bits per heavy atom. The predicted octanol–water partition coefficient (Wildman–Crippen LogP) is 2.82. The molecule has 0 spiro atoms. The topological polar surface area (TPSA) is 40.5 Å². The summed E-state index contributed by atoms with van der Waals surface area (Å²) in [5, 5.41) is 9.77. The molecule has 2 atom stereocenters. The molecule has 1 fully saturated rings. The number of piperidine rings is 1. The first kappa shape index (κ1) is 15.5. The predicted molar refractivity (Wildman–Crippen MR) is 74.3 cm³/mol. The van der Waals surface area contributed by atoms with Crippen molar-refractivity contribution in [1.82, 2.24) is 4.90 Å².